The van der Waals surface area contributed by atoms with Crippen LogP contribution in [0.4, 0.5) is 0 Å². The first-order valence-corrected chi connectivity index (χ1v) is 9.27. The van der Waals surface area contributed by atoms with Crippen LogP contribution in [0.5, 0.6) is 0 Å². The van der Waals surface area contributed by atoms with Crippen molar-refractivity contribution in [3.8, 4) is 0 Å². The zero-order valence-electron chi connectivity index (χ0n) is 13.1. The first kappa shape index (κ1) is 18.2. The molecule has 122 valence electrons. The van der Waals surface area contributed by atoms with E-state index in [0.717, 1.165) is 31.9 Å². The second kappa shape index (κ2) is 8.54. The molecule has 0 bridgehead atoms. The lowest BCUT2D eigenvalue weighted by Gasteiger charge is -2.32. The van der Waals surface area contributed by atoms with Crippen LogP contribution in [0.3, 0.4) is 0 Å². The Kier molecular flexibility index (Phi) is 7.39. The number of carbonyl (C=O) groups is 1. The van der Waals surface area contributed by atoms with Gasteiger partial charge in [-0.1, -0.05) is 38.3 Å². The third kappa shape index (κ3) is 7.09. The van der Waals surface area contributed by atoms with E-state index in [1.165, 1.54) is 13.5 Å². The fourth-order valence-corrected chi connectivity index (χ4v) is 3.57. The maximum atomic E-state index is 11.5. The van der Waals surface area contributed by atoms with E-state index in [0.29, 0.717) is 0 Å². The van der Waals surface area contributed by atoms with Gasteiger partial charge >= 0.3 is 5.97 Å². The molecule has 1 aliphatic carbocycles. The molecule has 1 saturated carbocycles. The second-order valence-corrected chi connectivity index (χ2v) is 7.33. The molecule has 6 heteroatoms. The Morgan fingerprint density at radius 1 is 1.29 bits per heavy atom. The van der Waals surface area contributed by atoms with Gasteiger partial charge in [-0.05, 0) is 18.8 Å². The fraction of sp³-hybridized carbons (Fsp3) is 0.800. The Balaban J connectivity index is 2.72. The number of methoxy groups -OCH3 is 1. The van der Waals surface area contributed by atoms with Crippen LogP contribution in [-0.4, -0.2) is 33.9 Å². The lowest BCUT2D eigenvalue weighted by atomic mass is 9.81. The normalized spacial score (nSPS) is 20.3. The molecule has 0 heterocycles. The van der Waals surface area contributed by atoms with Gasteiger partial charge in [0.1, 0.15) is 0 Å². The third-order valence-corrected chi connectivity index (χ3v) is 4.44. The summed E-state index contributed by atoms with van der Waals surface area (Å²) in [4.78, 5) is 11.1. The minimum Gasteiger partial charge on any atom is -0.469 e. The van der Waals surface area contributed by atoms with Crippen molar-refractivity contribution in [2.45, 2.75) is 51.6 Å². The molecule has 1 aliphatic rings. The predicted octanol–water partition coefficient (Wildman–Crippen LogP) is 2.67. The second-order valence-electron chi connectivity index (χ2n) is 5.73. The summed E-state index contributed by atoms with van der Waals surface area (Å²) < 4.78 is 32.9. The van der Waals surface area contributed by atoms with Crippen molar-refractivity contribution in [3.63, 3.8) is 0 Å². The van der Waals surface area contributed by atoms with Crippen molar-refractivity contribution >= 4 is 16.1 Å². The number of rotatable bonds is 7. The minimum atomic E-state index is -3.49. The zero-order chi connectivity index (χ0) is 15.9. The van der Waals surface area contributed by atoms with E-state index in [1.54, 1.807) is 6.08 Å². The maximum Gasteiger partial charge on any atom is 0.309 e. The highest BCUT2D eigenvalue weighted by atomic mass is 32.2. The summed E-state index contributed by atoms with van der Waals surface area (Å²) >= 11 is 0. The van der Waals surface area contributed by atoms with Crippen LogP contribution >= 0.6 is 0 Å². The van der Waals surface area contributed by atoms with Crippen molar-refractivity contribution < 1.29 is 22.1 Å². The first-order chi connectivity index (χ1) is 9.83. The summed E-state index contributed by atoms with van der Waals surface area (Å²) in [6.07, 6.45) is 9.93. The molecule has 5 nitrogen and oxygen atoms in total. The van der Waals surface area contributed by atoms with Crippen molar-refractivity contribution in [2.24, 2.45) is 11.8 Å². The van der Waals surface area contributed by atoms with Crippen molar-refractivity contribution in [3.05, 3.63) is 12.2 Å². The summed E-state index contributed by atoms with van der Waals surface area (Å²) in [5.74, 6) is -0.115. The topological polar surface area (TPSA) is 69.7 Å². The monoisotopic (exact) mass is 318 g/mol. The predicted molar refractivity (Wildman–Crippen MR) is 81.2 cm³/mol. The van der Waals surface area contributed by atoms with Gasteiger partial charge in [0.15, 0.2) is 0 Å². The number of carbonyl (C=O) groups excluding carboxylic acids is 1. The van der Waals surface area contributed by atoms with E-state index in [4.69, 9.17) is 4.18 Å². The number of ether oxygens (including phenoxy) is 1. The summed E-state index contributed by atoms with van der Waals surface area (Å²) in [6.45, 7) is 1.93. The molecule has 0 spiro atoms. The molecule has 0 aliphatic heterocycles. The molecule has 2 atom stereocenters. The van der Waals surface area contributed by atoms with Crippen LogP contribution in [0.2, 0.25) is 0 Å². The first-order valence-electron chi connectivity index (χ1n) is 7.45. The molecule has 1 fully saturated rings. The van der Waals surface area contributed by atoms with Crippen molar-refractivity contribution in [1.29, 1.82) is 0 Å². The van der Waals surface area contributed by atoms with Crippen LogP contribution in [-0.2, 0) is 23.8 Å². The molecular formula is C15H26O5S. The van der Waals surface area contributed by atoms with E-state index >= 15 is 0 Å². The van der Waals surface area contributed by atoms with E-state index < -0.39 is 10.1 Å². The molecule has 0 unspecified atom stereocenters. The van der Waals surface area contributed by atoms with Gasteiger partial charge < -0.3 is 4.74 Å². The number of esters is 1. The van der Waals surface area contributed by atoms with Crippen LogP contribution in [0.25, 0.3) is 0 Å². The molecule has 0 radical (unpaired) electrons. The highest BCUT2D eigenvalue weighted by Crippen LogP contribution is 2.32. The lowest BCUT2D eigenvalue weighted by molar-refractivity contribution is -0.139. The van der Waals surface area contributed by atoms with Gasteiger partial charge in [0.25, 0.3) is 10.1 Å². The Morgan fingerprint density at radius 3 is 2.43 bits per heavy atom. The summed E-state index contributed by atoms with van der Waals surface area (Å²) in [6, 6.07) is 0. The number of hydrogen-bond donors (Lipinski definition) is 0. The molecule has 0 amide bonds. The average molecular weight is 318 g/mol. The van der Waals surface area contributed by atoms with Gasteiger partial charge in [0, 0.05) is 5.92 Å². The van der Waals surface area contributed by atoms with Gasteiger partial charge in [0.2, 0.25) is 0 Å². The number of hydrogen-bond acceptors (Lipinski definition) is 5. The Morgan fingerprint density at radius 2 is 1.90 bits per heavy atom. The minimum absolute atomic E-state index is 0.0625. The summed E-state index contributed by atoms with van der Waals surface area (Å²) in [7, 11) is -2.14. The van der Waals surface area contributed by atoms with Gasteiger partial charge in [-0.2, -0.15) is 8.42 Å². The largest absolute Gasteiger partial charge is 0.469 e. The zero-order valence-corrected chi connectivity index (χ0v) is 13.9. The van der Waals surface area contributed by atoms with Crippen LogP contribution in [0.1, 0.15) is 45.4 Å². The molecule has 0 aromatic heterocycles. The molecule has 0 saturated heterocycles. The molecule has 0 aromatic rings. The van der Waals surface area contributed by atoms with E-state index in [1.807, 2.05) is 13.0 Å². The third-order valence-electron chi connectivity index (χ3n) is 3.87. The Bertz CT molecular complexity index is 449. The summed E-state index contributed by atoms with van der Waals surface area (Å²) in [5.41, 5.74) is 0. The quantitative estimate of drug-likeness (QED) is 0.410. The summed E-state index contributed by atoms with van der Waals surface area (Å²) in [5, 5.41) is 0. The Hall–Kier alpha value is -0.880. The molecule has 0 aromatic carbocycles. The van der Waals surface area contributed by atoms with E-state index in [-0.39, 0.29) is 30.3 Å². The maximum absolute atomic E-state index is 11.5. The highest BCUT2D eigenvalue weighted by molar-refractivity contribution is 7.86. The van der Waals surface area contributed by atoms with Gasteiger partial charge in [0.05, 0.1) is 25.9 Å². The lowest BCUT2D eigenvalue weighted by Crippen LogP contribution is -2.33. The highest BCUT2D eigenvalue weighted by Gasteiger charge is 2.30. The standard InChI is InChI=1S/C15H26O5S/c1-12(8-7-11-14(16)19-2)15(20-21(3,17)18)13-9-5-4-6-10-13/h7-8,12-13,15H,4-6,9-11H2,1-3H3/b8-7+/t12-,15+/m1/s1. The molecule has 1 rings (SSSR count). The van der Waals surface area contributed by atoms with Crippen LogP contribution < -0.4 is 0 Å². The SMILES string of the molecule is COC(=O)C/C=C/[C@@H](C)[C@H](OS(C)(=O)=O)C1CCCCC1. The van der Waals surface area contributed by atoms with Gasteiger partial charge in [-0.3, -0.25) is 8.98 Å². The average Bonchev–Trinajstić information content (AvgIpc) is 2.44. The van der Waals surface area contributed by atoms with Crippen LogP contribution in [0, 0.1) is 11.8 Å². The van der Waals surface area contributed by atoms with E-state index in [2.05, 4.69) is 4.74 Å². The smallest absolute Gasteiger partial charge is 0.309 e. The Labute approximate surface area is 127 Å². The van der Waals surface area contributed by atoms with E-state index in [9.17, 15) is 13.2 Å². The van der Waals surface area contributed by atoms with Crippen LogP contribution in [0.15, 0.2) is 12.2 Å². The van der Waals surface area contributed by atoms with Gasteiger partial charge in [-0.25, -0.2) is 0 Å². The molecule has 0 N–H and O–H groups in total. The molecule has 21 heavy (non-hydrogen) atoms. The van der Waals surface area contributed by atoms with Gasteiger partial charge in [-0.15, -0.1) is 0 Å². The van der Waals surface area contributed by atoms with Crippen molar-refractivity contribution in [1.82, 2.24) is 0 Å². The fourth-order valence-electron chi connectivity index (χ4n) is 2.83. The van der Waals surface area contributed by atoms with Crippen molar-refractivity contribution in [2.75, 3.05) is 13.4 Å². The molecular weight excluding hydrogens is 292 g/mol.